The molecule has 0 aliphatic heterocycles. The first-order valence-corrected chi connectivity index (χ1v) is 6.43. The van der Waals surface area contributed by atoms with Gasteiger partial charge in [-0.25, -0.2) is 4.39 Å². The maximum absolute atomic E-state index is 12.9. The fourth-order valence-electron chi connectivity index (χ4n) is 2.78. The Bertz CT molecular complexity index is 643. The van der Waals surface area contributed by atoms with Crippen molar-refractivity contribution in [1.29, 1.82) is 0 Å². The zero-order valence-electron chi connectivity index (χ0n) is 10.9. The minimum Gasteiger partial charge on any atom is -0.469 e. The standard InChI is InChI=1S/C16H13FO3/c1-9(18)13-14(12-3-2-8-20-12)15(13)16(19)10-4-6-11(17)7-5-10/h2-8,13-15H,1H3/t13-,14-,15-/m0/s1. The van der Waals surface area contributed by atoms with Crippen LogP contribution in [-0.2, 0) is 4.79 Å². The van der Waals surface area contributed by atoms with Crippen LogP contribution < -0.4 is 0 Å². The molecule has 102 valence electrons. The quantitative estimate of drug-likeness (QED) is 0.803. The molecule has 3 atom stereocenters. The number of rotatable bonds is 4. The smallest absolute Gasteiger partial charge is 0.167 e. The van der Waals surface area contributed by atoms with Crippen molar-refractivity contribution >= 4 is 11.6 Å². The van der Waals surface area contributed by atoms with Crippen LogP contribution in [0.5, 0.6) is 0 Å². The van der Waals surface area contributed by atoms with Gasteiger partial charge >= 0.3 is 0 Å². The first-order valence-electron chi connectivity index (χ1n) is 6.43. The maximum atomic E-state index is 12.9. The Morgan fingerprint density at radius 2 is 1.80 bits per heavy atom. The predicted molar refractivity (Wildman–Crippen MR) is 69.8 cm³/mol. The molecule has 20 heavy (non-hydrogen) atoms. The van der Waals surface area contributed by atoms with E-state index in [4.69, 9.17) is 4.42 Å². The molecule has 0 unspecified atom stereocenters. The van der Waals surface area contributed by atoms with Gasteiger partial charge in [0, 0.05) is 23.3 Å². The van der Waals surface area contributed by atoms with Crippen LogP contribution in [0.15, 0.2) is 47.1 Å². The highest BCUT2D eigenvalue weighted by molar-refractivity contribution is 6.05. The van der Waals surface area contributed by atoms with Gasteiger partial charge in [0.2, 0.25) is 0 Å². The second-order valence-electron chi connectivity index (χ2n) is 5.07. The van der Waals surface area contributed by atoms with Crippen molar-refractivity contribution < 1.29 is 18.4 Å². The number of ketones is 2. The zero-order chi connectivity index (χ0) is 14.3. The molecule has 0 bridgehead atoms. The van der Waals surface area contributed by atoms with Crippen molar-refractivity contribution in [1.82, 2.24) is 0 Å². The lowest BCUT2D eigenvalue weighted by molar-refractivity contribution is -0.118. The molecule has 0 amide bonds. The molecule has 1 heterocycles. The number of furan rings is 1. The molecular formula is C16H13FO3. The van der Waals surface area contributed by atoms with Crippen LogP contribution in [0.2, 0.25) is 0 Å². The van der Waals surface area contributed by atoms with E-state index in [1.54, 1.807) is 12.1 Å². The molecule has 1 fully saturated rings. The van der Waals surface area contributed by atoms with Crippen molar-refractivity contribution in [2.75, 3.05) is 0 Å². The molecule has 0 spiro atoms. The first kappa shape index (κ1) is 12.8. The second kappa shape index (κ2) is 4.71. The van der Waals surface area contributed by atoms with Crippen molar-refractivity contribution in [2.24, 2.45) is 11.8 Å². The summed E-state index contributed by atoms with van der Waals surface area (Å²) in [6.45, 7) is 1.48. The second-order valence-corrected chi connectivity index (χ2v) is 5.07. The Balaban J connectivity index is 1.87. The number of hydrogen-bond acceptors (Lipinski definition) is 3. The molecule has 3 nitrogen and oxygen atoms in total. The molecule has 0 radical (unpaired) electrons. The number of carbonyl (C=O) groups is 2. The molecule has 2 aromatic rings. The minimum atomic E-state index is -0.399. The van der Waals surface area contributed by atoms with Gasteiger partial charge in [0.15, 0.2) is 5.78 Å². The van der Waals surface area contributed by atoms with Gasteiger partial charge < -0.3 is 4.42 Å². The Labute approximate surface area is 115 Å². The van der Waals surface area contributed by atoms with E-state index in [0.717, 1.165) is 0 Å². The molecule has 1 aliphatic carbocycles. The van der Waals surface area contributed by atoms with Gasteiger partial charge in [-0.2, -0.15) is 0 Å². The summed E-state index contributed by atoms with van der Waals surface area (Å²) in [5.74, 6) is -0.810. The maximum Gasteiger partial charge on any atom is 0.167 e. The van der Waals surface area contributed by atoms with E-state index < -0.39 is 5.92 Å². The summed E-state index contributed by atoms with van der Waals surface area (Å²) in [5, 5.41) is 0. The average Bonchev–Trinajstić information content (AvgIpc) is 2.95. The highest BCUT2D eigenvalue weighted by atomic mass is 19.1. The Kier molecular flexibility index (Phi) is 3.01. The summed E-state index contributed by atoms with van der Waals surface area (Å²) in [4.78, 5) is 24.1. The molecular weight excluding hydrogens is 259 g/mol. The van der Waals surface area contributed by atoms with E-state index in [9.17, 15) is 14.0 Å². The highest BCUT2D eigenvalue weighted by Crippen LogP contribution is 2.55. The van der Waals surface area contributed by atoms with Crippen LogP contribution in [0.3, 0.4) is 0 Å². The summed E-state index contributed by atoms with van der Waals surface area (Å²) in [5.41, 5.74) is 0.428. The molecule has 3 rings (SSSR count). The summed E-state index contributed by atoms with van der Waals surface area (Å²) >= 11 is 0. The van der Waals surface area contributed by atoms with Crippen LogP contribution in [0.4, 0.5) is 4.39 Å². The van der Waals surface area contributed by atoms with E-state index >= 15 is 0 Å². The summed E-state index contributed by atoms with van der Waals surface area (Å²) < 4.78 is 18.2. The SMILES string of the molecule is CC(=O)[C@@H]1[C@H](C(=O)c2ccc(F)cc2)[C@H]1c1ccco1. The fraction of sp³-hybridized carbons (Fsp3) is 0.250. The van der Waals surface area contributed by atoms with Gasteiger partial charge in [-0.3, -0.25) is 9.59 Å². The zero-order valence-corrected chi connectivity index (χ0v) is 10.9. The van der Waals surface area contributed by atoms with Gasteiger partial charge in [-0.1, -0.05) is 0 Å². The van der Waals surface area contributed by atoms with Crippen molar-refractivity contribution in [3.63, 3.8) is 0 Å². The lowest BCUT2D eigenvalue weighted by atomic mass is 10.0. The van der Waals surface area contributed by atoms with Crippen molar-refractivity contribution in [3.8, 4) is 0 Å². The summed E-state index contributed by atoms with van der Waals surface area (Å²) in [6, 6.07) is 8.92. The highest BCUT2D eigenvalue weighted by Gasteiger charge is 2.59. The monoisotopic (exact) mass is 272 g/mol. The lowest BCUT2D eigenvalue weighted by Crippen LogP contribution is -2.06. The first-order chi connectivity index (χ1) is 9.59. The molecule has 0 saturated heterocycles. The van der Waals surface area contributed by atoms with Crippen LogP contribution in [0.1, 0.15) is 29.0 Å². The molecule has 1 aromatic carbocycles. The largest absolute Gasteiger partial charge is 0.469 e. The minimum absolute atomic E-state index is 0.0214. The fourth-order valence-corrected chi connectivity index (χ4v) is 2.78. The molecule has 0 N–H and O–H groups in total. The predicted octanol–water partition coefficient (Wildman–Crippen LogP) is 3.22. The molecule has 1 aliphatic rings. The topological polar surface area (TPSA) is 47.3 Å². The van der Waals surface area contributed by atoms with Gasteiger partial charge in [-0.05, 0) is 43.3 Å². The summed E-state index contributed by atoms with van der Waals surface area (Å²) in [7, 11) is 0. The van der Waals surface area contributed by atoms with E-state index in [0.29, 0.717) is 11.3 Å². The number of benzene rings is 1. The van der Waals surface area contributed by atoms with Crippen molar-refractivity contribution in [3.05, 3.63) is 59.8 Å². The number of hydrogen-bond donors (Lipinski definition) is 0. The van der Waals surface area contributed by atoms with E-state index in [-0.39, 0.29) is 29.2 Å². The van der Waals surface area contributed by atoms with Crippen molar-refractivity contribution in [2.45, 2.75) is 12.8 Å². The number of carbonyl (C=O) groups excluding carboxylic acids is 2. The van der Waals surface area contributed by atoms with Gasteiger partial charge in [0.25, 0.3) is 0 Å². The Morgan fingerprint density at radius 1 is 1.10 bits per heavy atom. The third-order valence-corrected chi connectivity index (χ3v) is 3.79. The Hall–Kier alpha value is -2.23. The lowest BCUT2D eigenvalue weighted by Gasteiger charge is -1.99. The van der Waals surface area contributed by atoms with E-state index in [1.165, 1.54) is 37.5 Å². The number of Topliss-reactive ketones (excluding diaryl/α,β-unsaturated/α-hetero) is 2. The van der Waals surface area contributed by atoms with Crippen LogP contribution >= 0.6 is 0 Å². The van der Waals surface area contributed by atoms with Crippen LogP contribution in [0.25, 0.3) is 0 Å². The van der Waals surface area contributed by atoms with Gasteiger partial charge in [0.1, 0.15) is 17.4 Å². The van der Waals surface area contributed by atoms with E-state index in [1.807, 2.05) is 0 Å². The normalized spacial score (nSPS) is 24.4. The average molecular weight is 272 g/mol. The molecule has 4 heteroatoms. The van der Waals surface area contributed by atoms with E-state index in [2.05, 4.69) is 0 Å². The van der Waals surface area contributed by atoms with Crippen LogP contribution in [0, 0.1) is 17.7 Å². The number of halogens is 1. The summed E-state index contributed by atoms with van der Waals surface area (Å²) in [6.07, 6.45) is 1.53. The van der Waals surface area contributed by atoms with Gasteiger partial charge in [-0.15, -0.1) is 0 Å². The third-order valence-electron chi connectivity index (χ3n) is 3.79. The van der Waals surface area contributed by atoms with Gasteiger partial charge in [0.05, 0.1) is 6.26 Å². The third kappa shape index (κ3) is 2.07. The molecule has 1 saturated carbocycles. The Morgan fingerprint density at radius 3 is 2.35 bits per heavy atom. The van der Waals surface area contributed by atoms with Crippen LogP contribution in [-0.4, -0.2) is 11.6 Å². The molecule has 1 aromatic heterocycles.